The van der Waals surface area contributed by atoms with Gasteiger partial charge in [0.25, 0.3) is 0 Å². The van der Waals surface area contributed by atoms with Crippen LogP contribution in [-0.4, -0.2) is 50.3 Å². The van der Waals surface area contributed by atoms with Crippen molar-refractivity contribution >= 4 is 29.3 Å². The number of carbonyl (C=O) groups excluding carboxylic acids is 1. The van der Waals surface area contributed by atoms with Crippen molar-refractivity contribution in [3.8, 4) is 17.2 Å². The van der Waals surface area contributed by atoms with Gasteiger partial charge in [0.15, 0.2) is 17.4 Å². The number of halogens is 4. The zero-order valence-electron chi connectivity index (χ0n) is 23.1. The lowest BCUT2D eigenvalue weighted by Crippen LogP contribution is -2.12. The summed E-state index contributed by atoms with van der Waals surface area (Å²) in [5, 5.41) is 23.4. The van der Waals surface area contributed by atoms with E-state index in [1.807, 2.05) is 0 Å². The Morgan fingerprint density at radius 2 is 1.69 bits per heavy atom. The molecule has 42 heavy (non-hydrogen) atoms. The van der Waals surface area contributed by atoms with Crippen molar-refractivity contribution in [3.63, 3.8) is 0 Å². The van der Waals surface area contributed by atoms with Gasteiger partial charge in [0.2, 0.25) is 5.82 Å². The first kappa shape index (κ1) is 31.7. The van der Waals surface area contributed by atoms with E-state index in [1.54, 1.807) is 18.2 Å². The number of hydrogen-bond acceptors (Lipinski definition) is 9. The number of aliphatic hydroxyl groups excluding tert-OH is 2. The van der Waals surface area contributed by atoms with E-state index < -0.39 is 58.5 Å². The van der Waals surface area contributed by atoms with Gasteiger partial charge in [0.05, 0.1) is 51.5 Å². The van der Waals surface area contributed by atoms with Crippen molar-refractivity contribution in [2.75, 3.05) is 33.3 Å². The highest BCUT2D eigenvalue weighted by Gasteiger charge is 2.25. The summed E-state index contributed by atoms with van der Waals surface area (Å²) in [6, 6.07) is 7.64. The fourth-order valence-corrected chi connectivity index (χ4v) is 3.80. The summed E-state index contributed by atoms with van der Waals surface area (Å²) < 4.78 is 77.7. The number of benzene rings is 3. The summed E-state index contributed by atoms with van der Waals surface area (Å²) in [7, 11) is 3.86. The summed E-state index contributed by atoms with van der Waals surface area (Å²) in [6.45, 7) is 0.756. The first-order valence-corrected chi connectivity index (χ1v) is 12.3. The summed E-state index contributed by atoms with van der Waals surface area (Å²) in [5.74, 6) is -7.81. The van der Waals surface area contributed by atoms with Crippen LogP contribution in [0, 0.1) is 23.3 Å². The van der Waals surface area contributed by atoms with E-state index in [0.29, 0.717) is 23.1 Å². The van der Waals surface area contributed by atoms with Gasteiger partial charge in [-0.25, -0.2) is 18.0 Å². The molecule has 0 radical (unpaired) electrons. The predicted octanol–water partition coefficient (Wildman–Crippen LogP) is 5.61. The Balaban J connectivity index is 2.05. The van der Waals surface area contributed by atoms with Crippen LogP contribution in [0.25, 0.3) is 5.76 Å². The maximum atomic E-state index is 14.9. The van der Waals surface area contributed by atoms with Gasteiger partial charge < -0.3 is 34.5 Å². The number of esters is 1. The van der Waals surface area contributed by atoms with Gasteiger partial charge in [-0.1, -0.05) is 0 Å². The smallest absolute Gasteiger partial charge is 0.343 e. The van der Waals surface area contributed by atoms with Crippen LogP contribution in [0.3, 0.4) is 0 Å². The third-order valence-corrected chi connectivity index (χ3v) is 5.96. The van der Waals surface area contributed by atoms with Gasteiger partial charge in [0.1, 0.15) is 28.6 Å². The predicted molar refractivity (Wildman–Crippen MR) is 146 cm³/mol. The van der Waals surface area contributed by atoms with E-state index in [1.165, 1.54) is 27.2 Å². The lowest BCUT2D eigenvalue weighted by atomic mass is 10.1. The lowest BCUT2D eigenvalue weighted by molar-refractivity contribution is -0.137. The number of aliphatic hydroxyl groups is 2. The standard InChI is InChI=1S/C29H28F4N2O7/c1-5-42-29(38)19(27(37)18-10-21(31)26(33)28(41-4)25(18)32)13-35-22-11-23(20(30)8-16(22)14-36)34-12-15-6-7-17(39-2)9-24(15)40-3/h6-11,13,34,36-37H,5,12,14H2,1-4H3. The van der Waals surface area contributed by atoms with E-state index in [9.17, 15) is 32.6 Å². The van der Waals surface area contributed by atoms with Crippen molar-refractivity contribution in [1.82, 2.24) is 0 Å². The zero-order valence-corrected chi connectivity index (χ0v) is 23.1. The van der Waals surface area contributed by atoms with Crippen molar-refractivity contribution in [1.29, 1.82) is 0 Å². The van der Waals surface area contributed by atoms with E-state index >= 15 is 0 Å². The molecule has 0 aromatic heterocycles. The molecule has 0 unspecified atom stereocenters. The molecule has 0 amide bonds. The second-order valence-electron chi connectivity index (χ2n) is 8.46. The molecule has 0 atom stereocenters. The number of anilines is 1. The molecule has 0 aliphatic heterocycles. The fraction of sp³-hybridized carbons (Fsp3) is 0.241. The molecule has 9 nitrogen and oxygen atoms in total. The highest BCUT2D eigenvalue weighted by molar-refractivity contribution is 6.15. The molecule has 3 aromatic carbocycles. The SMILES string of the molecule is CCOC(=O)C(C=Nc1cc(NCc2ccc(OC)cc2OC)c(F)cc1CO)=C(O)c1cc(F)c(F)c(OC)c1F. The highest BCUT2D eigenvalue weighted by Crippen LogP contribution is 2.33. The minimum absolute atomic E-state index is 0.000275. The average molecular weight is 593 g/mol. The minimum Gasteiger partial charge on any atom is -0.506 e. The topological polar surface area (TPSA) is 119 Å². The van der Waals surface area contributed by atoms with Gasteiger partial charge in [-0.3, -0.25) is 4.99 Å². The van der Waals surface area contributed by atoms with Crippen molar-refractivity contribution in [2.24, 2.45) is 4.99 Å². The van der Waals surface area contributed by atoms with Gasteiger partial charge in [-0.15, -0.1) is 0 Å². The highest BCUT2D eigenvalue weighted by atomic mass is 19.2. The van der Waals surface area contributed by atoms with Crippen molar-refractivity contribution in [2.45, 2.75) is 20.1 Å². The molecular formula is C29H28F4N2O7. The molecule has 0 heterocycles. The molecule has 3 aromatic rings. The van der Waals surface area contributed by atoms with Crippen LogP contribution in [0.15, 0.2) is 47.0 Å². The number of nitrogens with zero attached hydrogens (tertiary/aromatic N) is 1. The van der Waals surface area contributed by atoms with Gasteiger partial charge in [-0.2, -0.15) is 4.39 Å². The molecule has 224 valence electrons. The third-order valence-electron chi connectivity index (χ3n) is 5.96. The Kier molecular flexibility index (Phi) is 10.7. The van der Waals surface area contributed by atoms with Gasteiger partial charge in [-0.05, 0) is 37.3 Å². The molecule has 0 bridgehead atoms. The van der Waals surface area contributed by atoms with Crippen LogP contribution in [0.1, 0.15) is 23.6 Å². The fourth-order valence-electron chi connectivity index (χ4n) is 3.80. The molecule has 0 aliphatic carbocycles. The van der Waals surface area contributed by atoms with E-state index in [2.05, 4.69) is 15.0 Å². The quantitative estimate of drug-likeness (QED) is 0.0621. The first-order valence-electron chi connectivity index (χ1n) is 12.3. The Morgan fingerprint density at radius 1 is 0.952 bits per heavy atom. The Labute approximate surface area is 238 Å². The molecule has 0 saturated heterocycles. The molecule has 0 fully saturated rings. The Bertz CT molecular complexity index is 1530. The maximum Gasteiger partial charge on any atom is 0.343 e. The van der Waals surface area contributed by atoms with E-state index in [-0.39, 0.29) is 30.1 Å². The van der Waals surface area contributed by atoms with Crippen LogP contribution in [0.2, 0.25) is 0 Å². The normalized spacial score (nSPS) is 11.7. The summed E-state index contributed by atoms with van der Waals surface area (Å²) >= 11 is 0. The molecular weight excluding hydrogens is 564 g/mol. The van der Waals surface area contributed by atoms with Crippen LogP contribution in [0.4, 0.5) is 28.9 Å². The van der Waals surface area contributed by atoms with Gasteiger partial charge in [0, 0.05) is 30.0 Å². The molecule has 0 saturated carbocycles. The number of methoxy groups -OCH3 is 3. The summed E-state index contributed by atoms with van der Waals surface area (Å²) in [5.41, 5.74) is -1.07. The Morgan fingerprint density at radius 3 is 2.31 bits per heavy atom. The van der Waals surface area contributed by atoms with E-state index in [0.717, 1.165) is 19.4 Å². The molecule has 0 aliphatic rings. The average Bonchev–Trinajstić information content (AvgIpc) is 2.98. The molecule has 3 N–H and O–H groups in total. The monoisotopic (exact) mass is 592 g/mol. The lowest BCUT2D eigenvalue weighted by Gasteiger charge is -2.14. The number of aliphatic imine (C=N–C) groups is 1. The molecule has 13 heteroatoms. The minimum atomic E-state index is -1.64. The van der Waals surface area contributed by atoms with Crippen molar-refractivity contribution < 1.29 is 51.5 Å². The number of hydrogen-bond donors (Lipinski definition) is 3. The van der Waals surface area contributed by atoms with Crippen LogP contribution < -0.4 is 19.5 Å². The van der Waals surface area contributed by atoms with Crippen LogP contribution >= 0.6 is 0 Å². The number of nitrogens with one attached hydrogen (secondary N) is 1. The number of ether oxygens (including phenoxy) is 4. The zero-order chi connectivity index (χ0) is 31.0. The molecule has 3 rings (SSSR count). The van der Waals surface area contributed by atoms with E-state index in [4.69, 9.17) is 14.2 Å². The second kappa shape index (κ2) is 14.2. The van der Waals surface area contributed by atoms with Gasteiger partial charge >= 0.3 is 5.97 Å². The third kappa shape index (κ3) is 6.92. The number of rotatable bonds is 12. The van der Waals surface area contributed by atoms with Crippen LogP contribution in [-0.2, 0) is 22.7 Å². The van der Waals surface area contributed by atoms with Crippen LogP contribution in [0.5, 0.6) is 17.2 Å². The largest absolute Gasteiger partial charge is 0.506 e. The second-order valence-corrected chi connectivity index (χ2v) is 8.46. The Hall–Kier alpha value is -4.78. The van der Waals surface area contributed by atoms with Crippen molar-refractivity contribution in [3.05, 3.63) is 81.9 Å². The number of carbonyl (C=O) groups is 1. The maximum absolute atomic E-state index is 14.9. The first-order chi connectivity index (χ1) is 20.1. The summed E-state index contributed by atoms with van der Waals surface area (Å²) in [6.07, 6.45) is 0.767. The summed E-state index contributed by atoms with van der Waals surface area (Å²) in [4.78, 5) is 16.7. The molecule has 0 spiro atoms.